The monoisotopic (exact) mass is 553 g/mol. The van der Waals surface area contributed by atoms with Crippen molar-refractivity contribution in [2.45, 2.75) is 13.0 Å². The Morgan fingerprint density at radius 3 is 1.32 bits per heavy atom. The van der Waals surface area contributed by atoms with Crippen LogP contribution in [0.15, 0.2) is 180 Å². The molecule has 0 aliphatic heterocycles. The van der Waals surface area contributed by atoms with Crippen molar-refractivity contribution in [2.75, 3.05) is 0 Å². The number of nitrogens with zero attached hydrogens (tertiary/aromatic N) is 1. The Morgan fingerprint density at radius 1 is 0.550 bits per heavy atom. The zero-order valence-corrected chi connectivity index (χ0v) is 24.5. The summed E-state index contributed by atoms with van der Waals surface area (Å²) in [5, 5.41) is 8.11. The maximum absolute atomic E-state index is 5.95. The van der Waals surface area contributed by atoms with Gasteiger partial charge in [-0.15, -0.1) is 0 Å². The first kappa shape index (κ1) is 26.5. The van der Waals surface area contributed by atoms with Gasteiger partial charge in [0.05, 0.1) is 13.1 Å². The first-order valence-corrected chi connectivity index (χ1v) is 16.9. The Balaban J connectivity index is 1.53. The van der Waals surface area contributed by atoms with E-state index in [0.717, 1.165) is 0 Å². The molecule has 0 heterocycles. The molecule has 5 aromatic rings. The number of allylic oxidation sites excluding steroid dienone is 2. The third-order valence-corrected chi connectivity index (χ3v) is 13.9. The van der Waals surface area contributed by atoms with Crippen LogP contribution in [0.2, 0.25) is 0 Å². The second-order valence-electron chi connectivity index (χ2n) is 10.0. The second kappa shape index (κ2) is 12.2. The first-order chi connectivity index (χ1) is 19.8. The van der Waals surface area contributed by atoms with Crippen molar-refractivity contribution in [3.63, 3.8) is 0 Å². The van der Waals surface area contributed by atoms with Gasteiger partial charge in [-0.3, -0.25) is 4.74 Å². The SMILES string of the molecule is CC(N=P(c1ccccc1)(c1ccccc1)c1ccccc1)C1C=CC=C1P(c1ccccc1)c1ccccc1. The summed E-state index contributed by atoms with van der Waals surface area (Å²) in [4.78, 5) is 0. The van der Waals surface area contributed by atoms with Gasteiger partial charge in [-0.2, -0.15) is 0 Å². The van der Waals surface area contributed by atoms with Gasteiger partial charge in [-0.1, -0.05) is 170 Å². The smallest absolute Gasteiger partial charge is 0.0571 e. The highest BCUT2D eigenvalue weighted by atomic mass is 31.2. The lowest BCUT2D eigenvalue weighted by atomic mass is 10.0. The summed E-state index contributed by atoms with van der Waals surface area (Å²) in [5.74, 6) is 0.224. The minimum Gasteiger partial charge on any atom is -0.286 e. The van der Waals surface area contributed by atoms with E-state index in [-0.39, 0.29) is 12.0 Å². The van der Waals surface area contributed by atoms with Gasteiger partial charge in [0.25, 0.3) is 0 Å². The van der Waals surface area contributed by atoms with E-state index in [9.17, 15) is 0 Å². The summed E-state index contributed by atoms with van der Waals surface area (Å²) >= 11 is 0. The fraction of sp³-hybridized carbons (Fsp3) is 0.0811. The zero-order valence-electron chi connectivity index (χ0n) is 22.7. The van der Waals surface area contributed by atoms with E-state index in [1.165, 1.54) is 31.8 Å². The Morgan fingerprint density at radius 2 is 0.925 bits per heavy atom. The lowest BCUT2D eigenvalue weighted by Crippen LogP contribution is -2.28. The molecule has 1 aliphatic rings. The predicted molar refractivity (Wildman–Crippen MR) is 177 cm³/mol. The molecule has 5 aromatic carbocycles. The van der Waals surface area contributed by atoms with Gasteiger partial charge in [0, 0.05) is 21.8 Å². The molecule has 0 saturated heterocycles. The minimum absolute atomic E-state index is 0.0800. The highest BCUT2D eigenvalue weighted by molar-refractivity contribution is 7.87. The van der Waals surface area contributed by atoms with Crippen molar-refractivity contribution in [1.29, 1.82) is 0 Å². The van der Waals surface area contributed by atoms with Crippen LogP contribution < -0.4 is 26.5 Å². The van der Waals surface area contributed by atoms with Crippen LogP contribution in [0.3, 0.4) is 0 Å². The van der Waals surface area contributed by atoms with Crippen LogP contribution in [0.25, 0.3) is 0 Å². The quantitative estimate of drug-likeness (QED) is 0.174. The highest BCUT2D eigenvalue weighted by Crippen LogP contribution is 2.53. The molecule has 0 bridgehead atoms. The summed E-state index contributed by atoms with van der Waals surface area (Å²) in [5.41, 5.74) is 0. The summed E-state index contributed by atoms with van der Waals surface area (Å²) < 4.78 is 5.95. The van der Waals surface area contributed by atoms with Crippen molar-refractivity contribution in [2.24, 2.45) is 10.7 Å². The molecular formula is C37H33NP2. The Labute approximate surface area is 239 Å². The van der Waals surface area contributed by atoms with E-state index in [1.54, 1.807) is 0 Å². The average molecular weight is 554 g/mol. The Bertz CT molecular complexity index is 1500. The third kappa shape index (κ3) is 5.21. The zero-order chi connectivity index (χ0) is 27.2. The molecule has 40 heavy (non-hydrogen) atoms. The van der Waals surface area contributed by atoms with Crippen LogP contribution >= 0.6 is 15.0 Å². The summed E-state index contributed by atoms with van der Waals surface area (Å²) in [7, 11) is -2.97. The molecule has 3 heteroatoms. The Hall–Kier alpha value is -3.76. The third-order valence-electron chi connectivity index (χ3n) is 7.48. The van der Waals surface area contributed by atoms with Crippen LogP contribution in [0, 0.1) is 5.92 Å². The van der Waals surface area contributed by atoms with Crippen LogP contribution in [0.5, 0.6) is 0 Å². The number of benzene rings is 5. The minimum atomic E-state index is -2.29. The highest BCUT2D eigenvalue weighted by Gasteiger charge is 2.33. The summed E-state index contributed by atoms with van der Waals surface area (Å²) in [6.45, 7) is 2.32. The van der Waals surface area contributed by atoms with Crippen molar-refractivity contribution >= 4 is 41.5 Å². The average Bonchev–Trinajstić information content (AvgIpc) is 3.52. The van der Waals surface area contributed by atoms with Gasteiger partial charge in [0.2, 0.25) is 0 Å². The standard InChI is InChI=1S/C37H33NP2/c1-30(36-28-17-29-37(36)39(31-18-7-2-8-19-31)32-20-9-3-10-21-32)38-40(33-22-11-4-12-23-33,34-24-13-5-14-25-34)35-26-15-6-16-27-35/h2-30,36H,1H3. The molecule has 0 radical (unpaired) electrons. The van der Waals surface area contributed by atoms with Crippen LogP contribution in [0.4, 0.5) is 0 Å². The fourth-order valence-corrected chi connectivity index (χ4v) is 12.1. The number of rotatable bonds is 8. The van der Waals surface area contributed by atoms with Crippen molar-refractivity contribution in [1.82, 2.24) is 0 Å². The fourth-order valence-electron chi connectivity index (χ4n) is 5.64. The summed E-state index contributed by atoms with van der Waals surface area (Å²) in [6, 6.07) is 54.9. The molecule has 0 aromatic heterocycles. The topological polar surface area (TPSA) is 12.4 Å². The van der Waals surface area contributed by atoms with Gasteiger partial charge in [0.1, 0.15) is 0 Å². The van der Waals surface area contributed by atoms with Gasteiger partial charge in [0.15, 0.2) is 0 Å². The van der Waals surface area contributed by atoms with E-state index >= 15 is 0 Å². The van der Waals surface area contributed by atoms with Gasteiger partial charge >= 0.3 is 0 Å². The lowest BCUT2D eigenvalue weighted by molar-refractivity contribution is 0.641. The molecule has 0 saturated carbocycles. The van der Waals surface area contributed by atoms with E-state index in [2.05, 4.69) is 177 Å². The molecular weight excluding hydrogens is 520 g/mol. The first-order valence-electron chi connectivity index (χ1n) is 13.8. The Kier molecular flexibility index (Phi) is 8.06. The normalized spacial score (nSPS) is 15.6. The molecule has 1 nitrogen and oxygen atoms in total. The molecule has 6 rings (SSSR count). The largest absolute Gasteiger partial charge is 0.286 e. The van der Waals surface area contributed by atoms with Gasteiger partial charge in [-0.25, -0.2) is 0 Å². The van der Waals surface area contributed by atoms with E-state index in [1.807, 2.05) is 0 Å². The maximum atomic E-state index is 5.95. The van der Waals surface area contributed by atoms with Crippen LogP contribution in [0.1, 0.15) is 6.92 Å². The van der Waals surface area contributed by atoms with E-state index < -0.39 is 15.0 Å². The molecule has 0 spiro atoms. The summed E-state index contributed by atoms with van der Waals surface area (Å²) in [6.07, 6.45) is 6.98. The van der Waals surface area contributed by atoms with Crippen LogP contribution in [-0.4, -0.2) is 6.04 Å². The second-order valence-corrected chi connectivity index (χ2v) is 15.3. The molecule has 0 N–H and O–H groups in total. The predicted octanol–water partition coefficient (Wildman–Crippen LogP) is 7.76. The molecule has 0 amide bonds. The van der Waals surface area contributed by atoms with Crippen molar-refractivity contribution < 1.29 is 0 Å². The van der Waals surface area contributed by atoms with E-state index in [4.69, 9.17) is 4.74 Å². The van der Waals surface area contributed by atoms with Crippen molar-refractivity contribution in [3.05, 3.63) is 175 Å². The maximum Gasteiger partial charge on any atom is 0.0571 e. The number of hydrogen-bond acceptors (Lipinski definition) is 1. The number of hydrogen-bond donors (Lipinski definition) is 0. The molecule has 1 aliphatic carbocycles. The molecule has 2 atom stereocenters. The molecule has 196 valence electrons. The van der Waals surface area contributed by atoms with Gasteiger partial charge in [-0.05, 0) is 30.8 Å². The molecule has 2 unspecified atom stereocenters. The lowest BCUT2D eigenvalue weighted by Gasteiger charge is -2.32. The van der Waals surface area contributed by atoms with Crippen molar-refractivity contribution in [3.8, 4) is 0 Å². The van der Waals surface area contributed by atoms with Crippen LogP contribution in [-0.2, 0) is 0 Å². The van der Waals surface area contributed by atoms with Gasteiger partial charge < -0.3 is 0 Å². The van der Waals surface area contributed by atoms with E-state index in [0.29, 0.717) is 0 Å². The molecule has 0 fully saturated rings.